The summed E-state index contributed by atoms with van der Waals surface area (Å²) in [6, 6.07) is 8.60. The molecule has 2 heterocycles. The Morgan fingerprint density at radius 1 is 1.29 bits per heavy atom. The van der Waals surface area contributed by atoms with Crippen LogP contribution in [0.1, 0.15) is 28.6 Å². The van der Waals surface area contributed by atoms with Crippen LogP contribution in [0.5, 0.6) is 0 Å². The molecule has 0 unspecified atom stereocenters. The van der Waals surface area contributed by atoms with Gasteiger partial charge < -0.3 is 18.9 Å². The largest absolute Gasteiger partial charge is 0.459 e. The van der Waals surface area contributed by atoms with Gasteiger partial charge in [0.05, 0.1) is 11.7 Å². The summed E-state index contributed by atoms with van der Waals surface area (Å²) in [5.41, 5.74) is -0.205. The lowest BCUT2D eigenvalue weighted by molar-refractivity contribution is -0.109. The number of aromatic nitrogens is 2. The number of aryl methyl sites for hydroxylation is 1. The molecule has 0 bridgehead atoms. The number of hydrogen-bond donors (Lipinski definition) is 1. The molecular formula is C19H22N2O7. The highest BCUT2D eigenvalue weighted by Crippen LogP contribution is 2.30. The van der Waals surface area contributed by atoms with Crippen molar-refractivity contribution >= 4 is 5.97 Å². The number of H-pyrrole nitrogens is 1. The number of methoxy groups -OCH3 is 1. The van der Waals surface area contributed by atoms with Crippen LogP contribution in [-0.2, 0) is 18.9 Å². The SMILES string of the molecule is COCO[C@H]1C[C@H](n2cc(C)c(=O)[nH]c2=O)O[C@@H]1COC(=O)c1ccccc1. The molecule has 9 nitrogen and oxygen atoms in total. The number of rotatable bonds is 7. The van der Waals surface area contributed by atoms with Crippen LogP contribution in [0.15, 0.2) is 46.1 Å². The minimum absolute atomic E-state index is 0.0312. The van der Waals surface area contributed by atoms with E-state index in [0.717, 1.165) is 0 Å². The van der Waals surface area contributed by atoms with Crippen molar-refractivity contribution in [2.24, 2.45) is 0 Å². The average Bonchev–Trinajstić information content (AvgIpc) is 3.10. The Bertz CT molecular complexity index is 922. The lowest BCUT2D eigenvalue weighted by atomic mass is 10.2. The molecule has 3 rings (SSSR count). The van der Waals surface area contributed by atoms with E-state index in [-0.39, 0.29) is 13.4 Å². The Morgan fingerprint density at radius 2 is 2.04 bits per heavy atom. The zero-order valence-corrected chi connectivity index (χ0v) is 15.6. The summed E-state index contributed by atoms with van der Waals surface area (Å²) in [4.78, 5) is 38.1. The molecule has 0 amide bonds. The zero-order valence-electron chi connectivity index (χ0n) is 15.6. The Kier molecular flexibility index (Phi) is 6.40. The standard InChI is InChI=1S/C19H22N2O7/c1-12-9-21(19(24)20-17(12)22)16-8-14(27-11-25-2)15(28-16)10-26-18(23)13-6-4-3-5-7-13/h3-7,9,14-16H,8,10-11H2,1-2H3,(H,20,22,24)/t14-,15+,16+/m0/s1. The Labute approximate surface area is 160 Å². The van der Waals surface area contributed by atoms with Crippen LogP contribution < -0.4 is 11.2 Å². The van der Waals surface area contributed by atoms with Gasteiger partial charge in [-0.15, -0.1) is 0 Å². The molecule has 0 saturated carbocycles. The zero-order chi connectivity index (χ0) is 20.1. The highest BCUT2D eigenvalue weighted by atomic mass is 16.7. The lowest BCUT2D eigenvalue weighted by Gasteiger charge is -2.18. The molecule has 0 aliphatic carbocycles. The van der Waals surface area contributed by atoms with Gasteiger partial charge in [0.1, 0.15) is 25.7 Å². The molecule has 0 radical (unpaired) electrons. The highest BCUT2D eigenvalue weighted by Gasteiger charge is 2.38. The van der Waals surface area contributed by atoms with Crippen LogP contribution in [0.25, 0.3) is 0 Å². The normalized spacial score (nSPS) is 21.6. The van der Waals surface area contributed by atoms with Gasteiger partial charge in [-0.1, -0.05) is 18.2 Å². The summed E-state index contributed by atoms with van der Waals surface area (Å²) >= 11 is 0. The molecule has 1 aliphatic rings. The predicted octanol–water partition coefficient (Wildman–Crippen LogP) is 0.979. The van der Waals surface area contributed by atoms with E-state index in [1.807, 2.05) is 0 Å². The first-order valence-electron chi connectivity index (χ1n) is 8.80. The number of benzene rings is 1. The van der Waals surface area contributed by atoms with Gasteiger partial charge in [0.25, 0.3) is 5.56 Å². The predicted molar refractivity (Wildman–Crippen MR) is 98.1 cm³/mol. The summed E-state index contributed by atoms with van der Waals surface area (Å²) in [5.74, 6) is -0.477. The monoisotopic (exact) mass is 390 g/mol. The highest BCUT2D eigenvalue weighted by molar-refractivity contribution is 5.89. The van der Waals surface area contributed by atoms with E-state index >= 15 is 0 Å². The van der Waals surface area contributed by atoms with Gasteiger partial charge in [-0.05, 0) is 19.1 Å². The molecule has 1 aromatic heterocycles. The van der Waals surface area contributed by atoms with Crippen LogP contribution in [-0.4, -0.2) is 48.2 Å². The van der Waals surface area contributed by atoms with Crippen LogP contribution in [0.2, 0.25) is 0 Å². The van der Waals surface area contributed by atoms with Gasteiger partial charge in [-0.3, -0.25) is 14.3 Å². The molecule has 9 heteroatoms. The molecule has 1 fully saturated rings. The number of nitrogens with zero attached hydrogens (tertiary/aromatic N) is 1. The summed E-state index contributed by atoms with van der Waals surface area (Å²) in [7, 11) is 1.49. The number of esters is 1. The summed E-state index contributed by atoms with van der Waals surface area (Å²) < 4.78 is 23.1. The Balaban J connectivity index is 1.72. The van der Waals surface area contributed by atoms with Gasteiger partial charge in [-0.25, -0.2) is 9.59 Å². The van der Waals surface area contributed by atoms with Crippen molar-refractivity contribution in [1.82, 2.24) is 9.55 Å². The number of ether oxygens (including phenoxy) is 4. The van der Waals surface area contributed by atoms with Gasteiger partial charge >= 0.3 is 11.7 Å². The van der Waals surface area contributed by atoms with Crippen LogP contribution >= 0.6 is 0 Å². The first-order valence-corrected chi connectivity index (χ1v) is 8.80. The fourth-order valence-electron chi connectivity index (χ4n) is 2.97. The molecule has 1 aromatic carbocycles. The molecule has 2 aromatic rings. The second-order valence-electron chi connectivity index (χ2n) is 6.42. The average molecular weight is 390 g/mol. The Hall–Kier alpha value is -2.75. The molecule has 1 saturated heterocycles. The molecule has 1 N–H and O–H groups in total. The molecule has 150 valence electrons. The fraction of sp³-hybridized carbons (Fsp3) is 0.421. The number of hydrogen-bond acceptors (Lipinski definition) is 7. The van der Waals surface area contributed by atoms with E-state index in [1.54, 1.807) is 37.3 Å². The van der Waals surface area contributed by atoms with Crippen molar-refractivity contribution < 1.29 is 23.7 Å². The third-order valence-corrected chi connectivity index (χ3v) is 4.42. The van der Waals surface area contributed by atoms with Crippen molar-refractivity contribution in [3.05, 3.63) is 68.5 Å². The smallest absolute Gasteiger partial charge is 0.338 e. The van der Waals surface area contributed by atoms with Crippen LogP contribution in [0.4, 0.5) is 0 Å². The maximum atomic E-state index is 12.2. The minimum atomic E-state index is -0.662. The van der Waals surface area contributed by atoms with Gasteiger partial charge in [0.15, 0.2) is 0 Å². The van der Waals surface area contributed by atoms with Crippen molar-refractivity contribution in [2.45, 2.75) is 31.8 Å². The molecule has 0 spiro atoms. The fourth-order valence-corrected chi connectivity index (χ4v) is 2.97. The first-order chi connectivity index (χ1) is 13.5. The van der Waals surface area contributed by atoms with Crippen molar-refractivity contribution in [3.8, 4) is 0 Å². The maximum Gasteiger partial charge on any atom is 0.338 e. The van der Waals surface area contributed by atoms with Crippen LogP contribution in [0.3, 0.4) is 0 Å². The lowest BCUT2D eigenvalue weighted by Crippen LogP contribution is -2.33. The quantitative estimate of drug-likeness (QED) is 0.554. The number of carbonyl (C=O) groups is 1. The number of aromatic amines is 1. The van der Waals surface area contributed by atoms with E-state index in [1.165, 1.54) is 17.9 Å². The maximum absolute atomic E-state index is 12.2. The van der Waals surface area contributed by atoms with E-state index in [2.05, 4.69) is 4.98 Å². The molecular weight excluding hydrogens is 368 g/mol. The van der Waals surface area contributed by atoms with E-state index in [0.29, 0.717) is 17.5 Å². The van der Waals surface area contributed by atoms with E-state index in [9.17, 15) is 14.4 Å². The van der Waals surface area contributed by atoms with Gasteiger partial charge in [0, 0.05) is 25.3 Å². The van der Waals surface area contributed by atoms with Crippen LogP contribution in [0, 0.1) is 6.92 Å². The summed E-state index contributed by atoms with van der Waals surface area (Å²) in [6.07, 6.45) is 0.0739. The van der Waals surface area contributed by atoms with Crippen molar-refractivity contribution in [1.29, 1.82) is 0 Å². The number of nitrogens with one attached hydrogen (secondary N) is 1. The second kappa shape index (κ2) is 8.96. The van der Waals surface area contributed by atoms with Crippen molar-refractivity contribution in [2.75, 3.05) is 20.5 Å². The number of carbonyl (C=O) groups excluding carboxylic acids is 1. The Morgan fingerprint density at radius 3 is 2.75 bits per heavy atom. The molecule has 28 heavy (non-hydrogen) atoms. The topological polar surface area (TPSA) is 109 Å². The third kappa shape index (κ3) is 4.56. The first kappa shape index (κ1) is 20.0. The molecule has 1 aliphatic heterocycles. The van der Waals surface area contributed by atoms with Gasteiger partial charge in [0.2, 0.25) is 0 Å². The van der Waals surface area contributed by atoms with E-state index < -0.39 is 35.7 Å². The molecule has 3 atom stereocenters. The van der Waals surface area contributed by atoms with E-state index in [4.69, 9.17) is 18.9 Å². The third-order valence-electron chi connectivity index (χ3n) is 4.42. The van der Waals surface area contributed by atoms with Crippen molar-refractivity contribution in [3.63, 3.8) is 0 Å². The summed E-state index contributed by atoms with van der Waals surface area (Å²) in [5, 5.41) is 0. The summed E-state index contributed by atoms with van der Waals surface area (Å²) in [6.45, 7) is 1.58. The van der Waals surface area contributed by atoms with Gasteiger partial charge in [-0.2, -0.15) is 0 Å². The second-order valence-corrected chi connectivity index (χ2v) is 6.42. The minimum Gasteiger partial charge on any atom is -0.459 e.